The zero-order valence-corrected chi connectivity index (χ0v) is 9.30. The van der Waals surface area contributed by atoms with Crippen molar-refractivity contribution in [1.29, 1.82) is 0 Å². The Labute approximate surface area is 99.4 Å². The van der Waals surface area contributed by atoms with Crippen molar-refractivity contribution in [1.82, 2.24) is 0 Å². The van der Waals surface area contributed by atoms with Crippen molar-refractivity contribution in [3.8, 4) is 5.75 Å². The van der Waals surface area contributed by atoms with Crippen molar-refractivity contribution in [2.45, 2.75) is 19.0 Å². The molecule has 3 nitrogen and oxygen atoms in total. The van der Waals surface area contributed by atoms with Crippen LogP contribution in [0.15, 0.2) is 12.1 Å². The molecule has 17 heavy (non-hydrogen) atoms. The van der Waals surface area contributed by atoms with Crippen molar-refractivity contribution in [2.75, 3.05) is 0 Å². The molecule has 0 spiro atoms. The van der Waals surface area contributed by atoms with Crippen LogP contribution in [0.3, 0.4) is 0 Å². The van der Waals surface area contributed by atoms with Crippen molar-refractivity contribution < 1.29 is 28.2 Å². The van der Waals surface area contributed by atoms with Crippen LogP contribution in [0.4, 0.5) is 13.2 Å². The Balaban J connectivity index is 3.40. The second-order valence-electron chi connectivity index (χ2n) is 3.45. The Morgan fingerprint density at radius 3 is 2.35 bits per heavy atom. The average molecular weight is 269 g/mol. The molecule has 1 aromatic carbocycles. The van der Waals surface area contributed by atoms with Gasteiger partial charge in [-0.1, -0.05) is 11.6 Å². The Bertz CT molecular complexity index is 457. The highest BCUT2D eigenvalue weighted by atomic mass is 35.5. The summed E-state index contributed by atoms with van der Waals surface area (Å²) in [5.41, 5.74) is -1.46. The molecular formula is C10H8ClF3O3. The van der Waals surface area contributed by atoms with Crippen LogP contribution in [0.25, 0.3) is 0 Å². The first-order valence-electron chi connectivity index (χ1n) is 4.47. The summed E-state index contributed by atoms with van der Waals surface area (Å²) in [6.45, 7) is 1.16. The summed E-state index contributed by atoms with van der Waals surface area (Å²) in [4.78, 5) is 10.7. The summed E-state index contributed by atoms with van der Waals surface area (Å²) >= 11 is 5.43. The summed E-state index contributed by atoms with van der Waals surface area (Å²) in [5, 5.41) is 17.6. The van der Waals surface area contributed by atoms with Gasteiger partial charge in [-0.25, -0.2) is 0 Å². The van der Waals surface area contributed by atoms with E-state index in [-0.39, 0.29) is 5.56 Å². The Morgan fingerprint density at radius 1 is 1.41 bits per heavy atom. The second-order valence-corrected chi connectivity index (χ2v) is 3.86. The van der Waals surface area contributed by atoms with Gasteiger partial charge in [0.1, 0.15) is 5.75 Å². The molecule has 1 unspecified atom stereocenters. The number of phenolic OH excluding ortho intramolecular Hbond substituents is 1. The number of hydrogen-bond acceptors (Lipinski definition) is 2. The summed E-state index contributed by atoms with van der Waals surface area (Å²) < 4.78 is 37.4. The molecule has 1 aromatic rings. The van der Waals surface area contributed by atoms with E-state index < -0.39 is 34.4 Å². The molecule has 0 radical (unpaired) electrons. The molecule has 2 N–H and O–H groups in total. The molecule has 0 bridgehead atoms. The Morgan fingerprint density at radius 2 is 1.94 bits per heavy atom. The third-order valence-corrected chi connectivity index (χ3v) is 2.55. The van der Waals surface area contributed by atoms with Gasteiger partial charge in [0, 0.05) is 5.56 Å². The van der Waals surface area contributed by atoms with Crippen molar-refractivity contribution in [2.24, 2.45) is 0 Å². The highest BCUT2D eigenvalue weighted by molar-refractivity contribution is 6.32. The van der Waals surface area contributed by atoms with Gasteiger partial charge in [0.25, 0.3) is 0 Å². The third-order valence-electron chi connectivity index (χ3n) is 2.26. The predicted molar refractivity (Wildman–Crippen MR) is 54.2 cm³/mol. The van der Waals surface area contributed by atoms with E-state index in [1.165, 1.54) is 0 Å². The Hall–Kier alpha value is -1.43. The maximum Gasteiger partial charge on any atom is 0.416 e. The lowest BCUT2D eigenvalue weighted by Gasteiger charge is -2.14. The first-order valence-corrected chi connectivity index (χ1v) is 4.84. The summed E-state index contributed by atoms with van der Waals surface area (Å²) in [7, 11) is 0. The van der Waals surface area contributed by atoms with E-state index in [1.54, 1.807) is 0 Å². The van der Waals surface area contributed by atoms with Gasteiger partial charge in [-0.05, 0) is 19.1 Å². The zero-order chi connectivity index (χ0) is 13.4. The van der Waals surface area contributed by atoms with Gasteiger partial charge in [0.2, 0.25) is 0 Å². The van der Waals surface area contributed by atoms with Crippen molar-refractivity contribution in [3.05, 3.63) is 28.3 Å². The van der Waals surface area contributed by atoms with Gasteiger partial charge in [-0.3, -0.25) is 4.79 Å². The van der Waals surface area contributed by atoms with Gasteiger partial charge in [0.15, 0.2) is 0 Å². The number of aromatic hydroxyl groups is 1. The van der Waals surface area contributed by atoms with Crippen LogP contribution in [0.2, 0.25) is 5.02 Å². The van der Waals surface area contributed by atoms with Crippen LogP contribution in [0.5, 0.6) is 5.75 Å². The van der Waals surface area contributed by atoms with Crippen LogP contribution in [0, 0.1) is 0 Å². The fourth-order valence-corrected chi connectivity index (χ4v) is 1.47. The van der Waals surface area contributed by atoms with Crippen molar-refractivity contribution >= 4 is 17.6 Å². The number of rotatable bonds is 2. The molecule has 0 saturated heterocycles. The average Bonchev–Trinajstić information content (AvgIpc) is 2.19. The number of carbonyl (C=O) groups is 1. The minimum atomic E-state index is -4.65. The number of benzene rings is 1. The zero-order valence-electron chi connectivity index (χ0n) is 8.55. The number of carboxylic acid groups (broad SMARTS) is 1. The minimum Gasteiger partial charge on any atom is -0.506 e. The quantitative estimate of drug-likeness (QED) is 0.865. The number of aliphatic carboxylic acids is 1. The van der Waals surface area contributed by atoms with Crippen LogP contribution in [-0.2, 0) is 11.0 Å². The number of hydrogen-bond donors (Lipinski definition) is 2. The van der Waals surface area contributed by atoms with E-state index in [4.69, 9.17) is 16.7 Å². The molecule has 94 valence electrons. The molecule has 1 atom stereocenters. The molecule has 0 saturated carbocycles. The van der Waals surface area contributed by atoms with Crippen LogP contribution < -0.4 is 0 Å². The largest absolute Gasteiger partial charge is 0.506 e. The minimum absolute atomic E-state index is 0.364. The lowest BCUT2D eigenvalue weighted by Crippen LogP contribution is -2.11. The van der Waals surface area contributed by atoms with E-state index >= 15 is 0 Å². The molecule has 0 aliphatic rings. The van der Waals surface area contributed by atoms with Crippen molar-refractivity contribution in [3.63, 3.8) is 0 Å². The number of alkyl halides is 3. The molecular weight excluding hydrogens is 261 g/mol. The maximum absolute atomic E-state index is 12.5. The van der Waals surface area contributed by atoms with E-state index in [0.717, 1.165) is 6.92 Å². The summed E-state index contributed by atoms with van der Waals surface area (Å²) in [5.74, 6) is -3.28. The molecule has 0 aromatic heterocycles. The highest BCUT2D eigenvalue weighted by Gasteiger charge is 2.33. The number of phenols is 1. The van der Waals surface area contributed by atoms with Gasteiger partial charge in [-0.15, -0.1) is 0 Å². The number of carboxylic acids is 1. The topological polar surface area (TPSA) is 57.5 Å². The smallest absolute Gasteiger partial charge is 0.416 e. The third kappa shape index (κ3) is 2.82. The molecule has 0 amide bonds. The lowest BCUT2D eigenvalue weighted by atomic mass is 9.98. The predicted octanol–water partition coefficient (Wildman–Crippen LogP) is 3.25. The van der Waals surface area contributed by atoms with Gasteiger partial charge in [0.05, 0.1) is 16.5 Å². The van der Waals surface area contributed by atoms with E-state index in [1.807, 2.05) is 0 Å². The van der Waals surface area contributed by atoms with Crippen LogP contribution in [-0.4, -0.2) is 16.2 Å². The standard InChI is InChI=1S/C10H8ClF3O3/c1-4(9(16)17)6-2-5(10(12,13)14)3-7(11)8(6)15/h2-4,15H,1H3,(H,16,17). The first kappa shape index (κ1) is 13.6. The lowest BCUT2D eigenvalue weighted by molar-refractivity contribution is -0.140. The van der Waals surface area contributed by atoms with Gasteiger partial charge < -0.3 is 10.2 Å². The molecule has 0 heterocycles. The SMILES string of the molecule is CC(C(=O)O)c1cc(C(F)(F)F)cc(Cl)c1O. The fraction of sp³-hybridized carbons (Fsp3) is 0.300. The second kappa shape index (κ2) is 4.44. The van der Waals surface area contributed by atoms with E-state index in [9.17, 15) is 23.1 Å². The molecule has 0 fully saturated rings. The normalized spacial score (nSPS) is 13.5. The fourth-order valence-electron chi connectivity index (χ4n) is 1.25. The van der Waals surface area contributed by atoms with E-state index in [2.05, 4.69) is 0 Å². The van der Waals surface area contributed by atoms with Gasteiger partial charge in [-0.2, -0.15) is 13.2 Å². The first-order chi connectivity index (χ1) is 7.64. The molecule has 0 aliphatic carbocycles. The Kier molecular flexibility index (Phi) is 3.56. The monoisotopic (exact) mass is 268 g/mol. The summed E-state index contributed by atoms with van der Waals surface area (Å²) in [6.07, 6.45) is -4.65. The van der Waals surface area contributed by atoms with Crippen LogP contribution in [0.1, 0.15) is 24.0 Å². The van der Waals surface area contributed by atoms with Crippen LogP contribution >= 0.6 is 11.6 Å². The maximum atomic E-state index is 12.5. The molecule has 1 rings (SSSR count). The highest BCUT2D eigenvalue weighted by Crippen LogP contribution is 2.39. The molecule has 0 aliphatic heterocycles. The van der Waals surface area contributed by atoms with Gasteiger partial charge >= 0.3 is 12.1 Å². The number of halogens is 4. The summed E-state index contributed by atoms with van der Waals surface area (Å²) in [6, 6.07) is 1.13. The molecule has 7 heteroatoms. The van der Waals surface area contributed by atoms with E-state index in [0.29, 0.717) is 12.1 Å².